The zero-order valence-electron chi connectivity index (χ0n) is 12.1. The van der Waals surface area contributed by atoms with E-state index in [-0.39, 0.29) is 5.97 Å². The molecule has 1 aliphatic rings. The number of esters is 1. The Morgan fingerprint density at radius 3 is 2.86 bits per heavy atom. The van der Waals surface area contributed by atoms with Gasteiger partial charge >= 0.3 is 5.97 Å². The van der Waals surface area contributed by atoms with Gasteiger partial charge in [0.1, 0.15) is 0 Å². The highest BCUT2D eigenvalue weighted by atomic mass is 16.5. The maximum Gasteiger partial charge on any atom is 0.338 e. The molecule has 0 spiro atoms. The number of carbonyl (C=O) groups is 1. The second-order valence-corrected chi connectivity index (χ2v) is 5.25. The van der Waals surface area contributed by atoms with Crippen molar-refractivity contribution in [1.82, 2.24) is 9.88 Å². The lowest BCUT2D eigenvalue weighted by molar-refractivity contribution is 0.0598. The third kappa shape index (κ3) is 2.95. The molecule has 0 unspecified atom stereocenters. The average molecular weight is 282 g/mol. The molecule has 0 saturated carbocycles. The molecule has 0 atom stereocenters. The normalized spacial score (nSPS) is 14.5. The first-order valence-electron chi connectivity index (χ1n) is 7.08. The van der Waals surface area contributed by atoms with Gasteiger partial charge in [0.25, 0.3) is 0 Å². The fraction of sp³-hybridized carbons (Fsp3) is 0.294. The Bertz CT molecular complexity index is 640. The highest BCUT2D eigenvalue weighted by Crippen LogP contribution is 2.24. The minimum atomic E-state index is -0.241. The van der Waals surface area contributed by atoms with Crippen molar-refractivity contribution >= 4 is 5.97 Å². The zero-order valence-corrected chi connectivity index (χ0v) is 12.1. The maximum absolute atomic E-state index is 11.8. The summed E-state index contributed by atoms with van der Waals surface area (Å²) in [7, 11) is 1.43. The Balaban J connectivity index is 1.79. The Labute approximate surface area is 124 Å². The second-order valence-electron chi connectivity index (χ2n) is 5.25. The number of pyridine rings is 1. The number of ether oxygens (including phenoxy) is 1. The fourth-order valence-electron chi connectivity index (χ4n) is 2.85. The summed E-state index contributed by atoms with van der Waals surface area (Å²) in [5.74, 6) is -0.241. The Morgan fingerprint density at radius 1 is 1.29 bits per heavy atom. The lowest BCUT2D eigenvalue weighted by Gasteiger charge is -2.29. The Hall–Kier alpha value is -2.20. The van der Waals surface area contributed by atoms with Crippen LogP contribution in [-0.2, 0) is 24.2 Å². The molecule has 0 N–H and O–H groups in total. The number of hydrogen-bond acceptors (Lipinski definition) is 4. The van der Waals surface area contributed by atoms with Crippen LogP contribution in [0.5, 0.6) is 0 Å². The molecular weight excluding hydrogens is 264 g/mol. The van der Waals surface area contributed by atoms with Crippen molar-refractivity contribution in [3.8, 4) is 0 Å². The van der Waals surface area contributed by atoms with E-state index >= 15 is 0 Å². The van der Waals surface area contributed by atoms with Crippen molar-refractivity contribution in [3.05, 3.63) is 65.0 Å². The molecule has 21 heavy (non-hydrogen) atoms. The van der Waals surface area contributed by atoms with E-state index in [1.807, 2.05) is 36.7 Å². The summed E-state index contributed by atoms with van der Waals surface area (Å²) in [5, 5.41) is 0. The number of hydrogen-bond donors (Lipinski definition) is 0. The average Bonchev–Trinajstić information content (AvgIpc) is 2.54. The molecule has 1 aromatic carbocycles. The number of fused-ring (bicyclic) bond motifs is 1. The van der Waals surface area contributed by atoms with Crippen LogP contribution in [0, 0.1) is 0 Å². The number of methoxy groups -OCH3 is 1. The SMILES string of the molecule is COC(=O)c1cccc2c1CCN(Cc1ccncc1)C2. The molecule has 0 fully saturated rings. The van der Waals surface area contributed by atoms with Gasteiger partial charge in [-0.25, -0.2) is 4.79 Å². The van der Waals surface area contributed by atoms with Gasteiger partial charge in [-0.3, -0.25) is 9.88 Å². The largest absolute Gasteiger partial charge is 0.465 e. The lowest BCUT2D eigenvalue weighted by atomic mass is 9.94. The Morgan fingerprint density at radius 2 is 2.10 bits per heavy atom. The number of aromatic nitrogens is 1. The van der Waals surface area contributed by atoms with Crippen LogP contribution in [0.2, 0.25) is 0 Å². The van der Waals surface area contributed by atoms with Gasteiger partial charge in [-0.15, -0.1) is 0 Å². The van der Waals surface area contributed by atoms with Crippen LogP contribution in [0.3, 0.4) is 0 Å². The molecule has 2 aromatic rings. The van der Waals surface area contributed by atoms with Crippen LogP contribution in [0.15, 0.2) is 42.7 Å². The highest BCUT2D eigenvalue weighted by molar-refractivity contribution is 5.91. The molecule has 4 heteroatoms. The monoisotopic (exact) mass is 282 g/mol. The van der Waals surface area contributed by atoms with Crippen LogP contribution in [-0.4, -0.2) is 29.5 Å². The van der Waals surface area contributed by atoms with Crippen LogP contribution in [0.25, 0.3) is 0 Å². The Kier molecular flexibility index (Phi) is 3.97. The van der Waals surface area contributed by atoms with Crippen molar-refractivity contribution in [3.63, 3.8) is 0 Å². The topological polar surface area (TPSA) is 42.4 Å². The summed E-state index contributed by atoms with van der Waals surface area (Å²) in [4.78, 5) is 18.2. The van der Waals surface area contributed by atoms with Crippen LogP contribution in [0.1, 0.15) is 27.0 Å². The van der Waals surface area contributed by atoms with Crippen molar-refractivity contribution < 1.29 is 9.53 Å². The fourth-order valence-corrected chi connectivity index (χ4v) is 2.85. The van der Waals surface area contributed by atoms with Gasteiger partial charge in [-0.05, 0) is 41.3 Å². The zero-order chi connectivity index (χ0) is 14.7. The minimum Gasteiger partial charge on any atom is -0.465 e. The van der Waals surface area contributed by atoms with Crippen molar-refractivity contribution in [2.45, 2.75) is 19.5 Å². The van der Waals surface area contributed by atoms with Gasteiger partial charge < -0.3 is 4.74 Å². The number of benzene rings is 1. The summed E-state index contributed by atoms with van der Waals surface area (Å²) in [5.41, 5.74) is 4.32. The van der Waals surface area contributed by atoms with Gasteiger partial charge in [0.2, 0.25) is 0 Å². The van der Waals surface area contributed by atoms with E-state index in [9.17, 15) is 4.79 Å². The molecule has 1 aromatic heterocycles. The van der Waals surface area contributed by atoms with E-state index in [1.165, 1.54) is 18.2 Å². The first-order chi connectivity index (χ1) is 10.3. The number of carbonyl (C=O) groups excluding carboxylic acids is 1. The molecule has 0 saturated heterocycles. The molecule has 3 rings (SSSR count). The van der Waals surface area contributed by atoms with E-state index in [4.69, 9.17) is 4.74 Å². The smallest absolute Gasteiger partial charge is 0.338 e. The predicted octanol–water partition coefficient (Wildman–Crippen LogP) is 2.43. The molecule has 0 radical (unpaired) electrons. The predicted molar refractivity (Wildman–Crippen MR) is 79.8 cm³/mol. The molecular formula is C17H18N2O2. The van der Waals surface area contributed by atoms with Gasteiger partial charge in [0, 0.05) is 32.0 Å². The number of nitrogens with zero attached hydrogens (tertiary/aromatic N) is 2. The standard InChI is InChI=1S/C17H18N2O2/c1-21-17(20)16-4-2-3-14-12-19(10-7-15(14)16)11-13-5-8-18-9-6-13/h2-6,8-9H,7,10-12H2,1H3. The highest BCUT2D eigenvalue weighted by Gasteiger charge is 2.21. The second kappa shape index (κ2) is 6.06. The summed E-state index contributed by atoms with van der Waals surface area (Å²) in [6, 6.07) is 9.96. The van der Waals surface area contributed by atoms with E-state index < -0.39 is 0 Å². The summed E-state index contributed by atoms with van der Waals surface area (Å²) < 4.78 is 4.87. The first-order valence-corrected chi connectivity index (χ1v) is 7.08. The van der Waals surface area contributed by atoms with Crippen LogP contribution >= 0.6 is 0 Å². The third-order valence-corrected chi connectivity index (χ3v) is 3.91. The summed E-state index contributed by atoms with van der Waals surface area (Å²) >= 11 is 0. The first kappa shape index (κ1) is 13.8. The van der Waals surface area contributed by atoms with E-state index in [0.29, 0.717) is 5.56 Å². The quantitative estimate of drug-likeness (QED) is 0.811. The van der Waals surface area contributed by atoms with E-state index in [1.54, 1.807) is 0 Å². The number of rotatable bonds is 3. The van der Waals surface area contributed by atoms with Gasteiger partial charge in [-0.2, -0.15) is 0 Å². The molecule has 108 valence electrons. The van der Waals surface area contributed by atoms with Gasteiger partial charge in [0.05, 0.1) is 12.7 Å². The van der Waals surface area contributed by atoms with Crippen molar-refractivity contribution in [2.75, 3.05) is 13.7 Å². The molecule has 2 heterocycles. The molecule has 4 nitrogen and oxygen atoms in total. The molecule has 0 bridgehead atoms. The minimum absolute atomic E-state index is 0.241. The third-order valence-electron chi connectivity index (χ3n) is 3.91. The van der Waals surface area contributed by atoms with Gasteiger partial charge in [-0.1, -0.05) is 12.1 Å². The van der Waals surface area contributed by atoms with E-state index in [2.05, 4.69) is 16.0 Å². The maximum atomic E-state index is 11.8. The van der Waals surface area contributed by atoms with E-state index in [0.717, 1.165) is 31.6 Å². The molecule has 1 aliphatic heterocycles. The van der Waals surface area contributed by atoms with Crippen molar-refractivity contribution in [2.24, 2.45) is 0 Å². The molecule has 0 aliphatic carbocycles. The van der Waals surface area contributed by atoms with Crippen molar-refractivity contribution in [1.29, 1.82) is 0 Å². The van der Waals surface area contributed by atoms with Crippen LogP contribution < -0.4 is 0 Å². The van der Waals surface area contributed by atoms with Crippen LogP contribution in [0.4, 0.5) is 0 Å². The lowest BCUT2D eigenvalue weighted by Crippen LogP contribution is -2.31. The summed E-state index contributed by atoms with van der Waals surface area (Å²) in [6.45, 7) is 2.72. The summed E-state index contributed by atoms with van der Waals surface area (Å²) in [6.07, 6.45) is 4.52. The molecule has 0 amide bonds. The van der Waals surface area contributed by atoms with Gasteiger partial charge in [0.15, 0.2) is 0 Å².